The molecule has 0 bridgehead atoms. The van der Waals surface area contributed by atoms with Gasteiger partial charge in [0, 0.05) is 6.54 Å². The van der Waals surface area contributed by atoms with Gasteiger partial charge in [-0.25, -0.2) is 0 Å². The van der Waals surface area contributed by atoms with E-state index in [1.165, 1.54) is 0 Å². The van der Waals surface area contributed by atoms with Crippen molar-refractivity contribution in [2.24, 2.45) is 5.92 Å². The topological polar surface area (TPSA) is 40.5 Å². The molecule has 0 rings (SSSR count). The predicted molar refractivity (Wildman–Crippen MR) is 57.0 cm³/mol. The van der Waals surface area contributed by atoms with Gasteiger partial charge in [-0.1, -0.05) is 19.8 Å². The zero-order valence-electron chi connectivity index (χ0n) is 8.99. The Hall–Kier alpha value is -1.01. The van der Waals surface area contributed by atoms with Gasteiger partial charge in [0.15, 0.2) is 0 Å². The molecular weight excluding hydrogens is 178 g/mol. The lowest BCUT2D eigenvalue weighted by atomic mass is 10.1. The molecule has 3 nitrogen and oxygen atoms in total. The number of carboxylic acids is 1. The van der Waals surface area contributed by atoms with Crippen molar-refractivity contribution < 1.29 is 9.90 Å². The summed E-state index contributed by atoms with van der Waals surface area (Å²) < 4.78 is 0. The van der Waals surface area contributed by atoms with E-state index in [1.54, 1.807) is 0 Å². The SMILES string of the molecule is C#CCN(CCC(=O)O)CCC(C)C. The van der Waals surface area contributed by atoms with Crippen LogP contribution in [0.1, 0.15) is 26.7 Å². The van der Waals surface area contributed by atoms with Crippen molar-refractivity contribution in [3.8, 4) is 12.3 Å². The summed E-state index contributed by atoms with van der Waals surface area (Å²) in [5, 5.41) is 8.53. The highest BCUT2D eigenvalue weighted by atomic mass is 16.4. The third-order valence-corrected chi connectivity index (χ3v) is 1.98. The average Bonchev–Trinajstić information content (AvgIpc) is 2.09. The van der Waals surface area contributed by atoms with Crippen LogP contribution in [0.2, 0.25) is 0 Å². The quantitative estimate of drug-likeness (QED) is 0.628. The van der Waals surface area contributed by atoms with Gasteiger partial charge >= 0.3 is 5.97 Å². The van der Waals surface area contributed by atoms with E-state index in [0.717, 1.165) is 13.0 Å². The Bertz CT molecular complexity index is 206. The molecule has 0 spiro atoms. The summed E-state index contributed by atoms with van der Waals surface area (Å²) in [5.74, 6) is 2.41. The molecule has 0 saturated carbocycles. The number of hydrogen-bond acceptors (Lipinski definition) is 2. The fourth-order valence-corrected chi connectivity index (χ4v) is 1.09. The molecule has 0 heterocycles. The van der Waals surface area contributed by atoms with Crippen LogP contribution in [0, 0.1) is 18.3 Å². The minimum atomic E-state index is -0.767. The standard InChI is InChI=1S/C11H19NO2/c1-4-7-12(8-5-10(2)3)9-6-11(13)14/h1,10H,5-9H2,2-3H3,(H,13,14). The van der Waals surface area contributed by atoms with Gasteiger partial charge in [0.1, 0.15) is 0 Å². The normalized spacial score (nSPS) is 10.5. The summed E-state index contributed by atoms with van der Waals surface area (Å²) in [6.07, 6.45) is 6.43. The van der Waals surface area contributed by atoms with Crippen LogP contribution in [0.5, 0.6) is 0 Å². The van der Waals surface area contributed by atoms with E-state index in [1.807, 2.05) is 4.90 Å². The Kier molecular flexibility index (Phi) is 6.87. The van der Waals surface area contributed by atoms with Gasteiger partial charge in [0.05, 0.1) is 13.0 Å². The molecule has 0 fully saturated rings. The maximum absolute atomic E-state index is 10.4. The molecule has 0 atom stereocenters. The van der Waals surface area contributed by atoms with E-state index in [9.17, 15) is 4.79 Å². The van der Waals surface area contributed by atoms with Crippen LogP contribution in [0.4, 0.5) is 0 Å². The van der Waals surface area contributed by atoms with Gasteiger partial charge in [-0.15, -0.1) is 6.42 Å². The second-order valence-corrected chi connectivity index (χ2v) is 3.81. The van der Waals surface area contributed by atoms with Gasteiger partial charge < -0.3 is 5.11 Å². The average molecular weight is 197 g/mol. The fraction of sp³-hybridized carbons (Fsp3) is 0.727. The molecule has 0 aromatic rings. The molecule has 14 heavy (non-hydrogen) atoms. The van der Waals surface area contributed by atoms with Crippen molar-refractivity contribution in [1.29, 1.82) is 0 Å². The lowest BCUT2D eigenvalue weighted by Gasteiger charge is -2.19. The van der Waals surface area contributed by atoms with Gasteiger partial charge in [-0.3, -0.25) is 9.69 Å². The van der Waals surface area contributed by atoms with Crippen LogP contribution in [0.3, 0.4) is 0 Å². The number of rotatable bonds is 7. The summed E-state index contributed by atoms with van der Waals surface area (Å²) in [5.41, 5.74) is 0. The molecule has 80 valence electrons. The van der Waals surface area contributed by atoms with Crippen molar-refractivity contribution in [2.45, 2.75) is 26.7 Å². The first kappa shape index (κ1) is 13.0. The van der Waals surface area contributed by atoms with E-state index < -0.39 is 5.97 Å². The minimum Gasteiger partial charge on any atom is -0.481 e. The molecule has 0 saturated heterocycles. The van der Waals surface area contributed by atoms with Crippen molar-refractivity contribution in [2.75, 3.05) is 19.6 Å². The first-order valence-corrected chi connectivity index (χ1v) is 4.94. The van der Waals surface area contributed by atoms with Crippen LogP contribution in [-0.4, -0.2) is 35.6 Å². The molecule has 0 aliphatic heterocycles. The van der Waals surface area contributed by atoms with Crippen LogP contribution in [0.25, 0.3) is 0 Å². The Morgan fingerprint density at radius 1 is 1.50 bits per heavy atom. The van der Waals surface area contributed by atoms with Crippen LogP contribution >= 0.6 is 0 Å². The van der Waals surface area contributed by atoms with E-state index in [2.05, 4.69) is 19.8 Å². The number of aliphatic carboxylic acids is 1. The zero-order valence-corrected chi connectivity index (χ0v) is 8.99. The molecule has 0 aliphatic rings. The van der Waals surface area contributed by atoms with Crippen molar-refractivity contribution in [3.05, 3.63) is 0 Å². The lowest BCUT2D eigenvalue weighted by molar-refractivity contribution is -0.137. The Labute approximate surface area is 86.1 Å². The highest BCUT2D eigenvalue weighted by Crippen LogP contribution is 2.02. The molecule has 0 radical (unpaired) electrons. The first-order valence-electron chi connectivity index (χ1n) is 4.94. The first-order chi connectivity index (χ1) is 6.56. The molecular formula is C11H19NO2. The number of carbonyl (C=O) groups is 1. The van der Waals surface area contributed by atoms with Crippen molar-refractivity contribution in [3.63, 3.8) is 0 Å². The van der Waals surface area contributed by atoms with E-state index in [0.29, 0.717) is 19.0 Å². The molecule has 3 heteroatoms. The predicted octanol–water partition coefficient (Wildman–Crippen LogP) is 1.44. The van der Waals surface area contributed by atoms with E-state index >= 15 is 0 Å². The summed E-state index contributed by atoms with van der Waals surface area (Å²) in [7, 11) is 0. The Balaban J connectivity index is 3.78. The molecule has 0 aromatic heterocycles. The van der Waals surface area contributed by atoms with Crippen LogP contribution in [0.15, 0.2) is 0 Å². The van der Waals surface area contributed by atoms with Crippen LogP contribution < -0.4 is 0 Å². The third kappa shape index (κ3) is 7.63. The molecule has 1 N–H and O–H groups in total. The van der Waals surface area contributed by atoms with Crippen LogP contribution in [-0.2, 0) is 4.79 Å². The number of nitrogens with zero attached hydrogens (tertiary/aromatic N) is 1. The Morgan fingerprint density at radius 3 is 2.57 bits per heavy atom. The highest BCUT2D eigenvalue weighted by Gasteiger charge is 2.06. The fourth-order valence-electron chi connectivity index (χ4n) is 1.09. The summed E-state index contributed by atoms with van der Waals surface area (Å²) in [4.78, 5) is 12.4. The second-order valence-electron chi connectivity index (χ2n) is 3.81. The highest BCUT2D eigenvalue weighted by molar-refractivity contribution is 5.66. The smallest absolute Gasteiger partial charge is 0.304 e. The van der Waals surface area contributed by atoms with Gasteiger partial charge in [0.25, 0.3) is 0 Å². The molecule has 0 aliphatic carbocycles. The maximum Gasteiger partial charge on any atom is 0.304 e. The largest absolute Gasteiger partial charge is 0.481 e. The maximum atomic E-state index is 10.4. The molecule has 0 amide bonds. The van der Waals surface area contributed by atoms with Gasteiger partial charge in [0.2, 0.25) is 0 Å². The monoisotopic (exact) mass is 197 g/mol. The molecule has 0 unspecified atom stereocenters. The zero-order chi connectivity index (χ0) is 11.0. The van der Waals surface area contributed by atoms with Gasteiger partial charge in [-0.2, -0.15) is 0 Å². The minimum absolute atomic E-state index is 0.166. The summed E-state index contributed by atoms with van der Waals surface area (Å²) in [6.45, 7) is 6.26. The summed E-state index contributed by atoms with van der Waals surface area (Å²) >= 11 is 0. The second kappa shape index (κ2) is 7.40. The van der Waals surface area contributed by atoms with Gasteiger partial charge in [-0.05, 0) is 18.9 Å². The van der Waals surface area contributed by atoms with E-state index in [4.69, 9.17) is 11.5 Å². The molecule has 0 aromatic carbocycles. The summed E-state index contributed by atoms with van der Waals surface area (Å²) in [6, 6.07) is 0. The number of terminal acetylenes is 1. The number of carboxylic acid groups (broad SMARTS) is 1. The number of hydrogen-bond donors (Lipinski definition) is 1. The van der Waals surface area contributed by atoms with E-state index in [-0.39, 0.29) is 6.42 Å². The third-order valence-electron chi connectivity index (χ3n) is 1.98. The van der Waals surface area contributed by atoms with Crippen molar-refractivity contribution in [1.82, 2.24) is 4.90 Å². The Morgan fingerprint density at radius 2 is 2.14 bits per heavy atom. The lowest BCUT2D eigenvalue weighted by Crippen LogP contribution is -2.28. The van der Waals surface area contributed by atoms with Crippen molar-refractivity contribution >= 4 is 5.97 Å².